The van der Waals surface area contributed by atoms with Crippen LogP contribution >= 0.6 is 11.3 Å². The smallest absolute Gasteiger partial charge is 0.333 e. The average Bonchev–Trinajstić information content (AvgIpc) is 2.51. The first-order valence-electron chi connectivity index (χ1n) is 3.70. The molecule has 0 aromatic carbocycles. The van der Waals surface area contributed by atoms with Gasteiger partial charge in [-0.2, -0.15) is 0 Å². The van der Waals surface area contributed by atoms with Crippen LogP contribution in [0.25, 0.3) is 0 Å². The van der Waals surface area contributed by atoms with Gasteiger partial charge in [-0.05, 0) is 11.3 Å². The summed E-state index contributed by atoms with van der Waals surface area (Å²) in [6, 6.07) is 0.847. The molecule has 0 atom stereocenters. The van der Waals surface area contributed by atoms with Crippen molar-refractivity contribution in [2.75, 3.05) is 5.73 Å². The average molecular weight is 219 g/mol. The van der Waals surface area contributed by atoms with Gasteiger partial charge in [0.15, 0.2) is 5.00 Å². The third-order valence-corrected chi connectivity index (χ3v) is 2.01. The molecule has 7 nitrogen and oxygen atoms in total. The van der Waals surface area contributed by atoms with E-state index in [9.17, 15) is 20.2 Å². The highest BCUT2D eigenvalue weighted by Gasteiger charge is 2.22. The van der Waals surface area contributed by atoms with Crippen LogP contribution in [-0.2, 0) is 0 Å². The summed E-state index contributed by atoms with van der Waals surface area (Å²) in [7, 11) is 0. The Balaban J connectivity index is 0.000000791. The Labute approximate surface area is 83.5 Å². The van der Waals surface area contributed by atoms with Gasteiger partial charge in [0.25, 0.3) is 0 Å². The zero-order valence-corrected chi connectivity index (χ0v) is 8.41. The van der Waals surface area contributed by atoms with Gasteiger partial charge < -0.3 is 5.73 Å². The fraction of sp³-hybridized carbons (Fsp3) is 0.333. The first kappa shape index (κ1) is 12.3. The van der Waals surface area contributed by atoms with Crippen LogP contribution < -0.4 is 5.73 Å². The van der Waals surface area contributed by atoms with Crippen molar-refractivity contribution in [3.05, 3.63) is 26.3 Å². The monoisotopic (exact) mass is 219 g/mol. The lowest BCUT2D eigenvalue weighted by Crippen LogP contribution is -1.89. The normalized spacial score (nSPS) is 8.71. The van der Waals surface area contributed by atoms with Gasteiger partial charge in [-0.25, -0.2) is 0 Å². The third kappa shape index (κ3) is 2.66. The van der Waals surface area contributed by atoms with E-state index in [0.29, 0.717) is 11.3 Å². The van der Waals surface area contributed by atoms with Gasteiger partial charge in [-0.3, -0.25) is 20.2 Å². The zero-order chi connectivity index (χ0) is 11.3. The number of hydrogen-bond acceptors (Lipinski definition) is 6. The molecule has 0 saturated carbocycles. The summed E-state index contributed by atoms with van der Waals surface area (Å²) < 4.78 is 0. The Kier molecular flexibility index (Phi) is 4.50. The van der Waals surface area contributed by atoms with Crippen molar-refractivity contribution < 1.29 is 9.85 Å². The number of nitro groups is 2. The Bertz CT molecular complexity index is 349. The second-order valence-corrected chi connectivity index (χ2v) is 2.91. The van der Waals surface area contributed by atoms with E-state index < -0.39 is 15.5 Å². The standard InChI is InChI=1S/C4H3N3O4S.C2H6/c5-4-2(6(8)9)1-3(12-4)7(10)11;1-2/h1H,5H2;1-2H3. The van der Waals surface area contributed by atoms with E-state index in [0.717, 1.165) is 6.07 Å². The Morgan fingerprint density at radius 3 is 2.00 bits per heavy atom. The molecule has 0 unspecified atom stereocenters. The van der Waals surface area contributed by atoms with Crippen molar-refractivity contribution in [3.8, 4) is 0 Å². The van der Waals surface area contributed by atoms with Crippen molar-refractivity contribution in [2.45, 2.75) is 13.8 Å². The SMILES string of the molecule is CC.Nc1sc([N+](=O)[O-])cc1[N+](=O)[O-]. The minimum absolute atomic E-state index is 0.147. The van der Waals surface area contributed by atoms with Crippen LogP contribution in [0.1, 0.15) is 13.8 Å². The molecule has 0 aliphatic carbocycles. The molecule has 14 heavy (non-hydrogen) atoms. The molecule has 2 N–H and O–H groups in total. The lowest BCUT2D eigenvalue weighted by molar-refractivity contribution is -0.389. The van der Waals surface area contributed by atoms with Crippen LogP contribution in [-0.4, -0.2) is 9.85 Å². The minimum atomic E-state index is -0.751. The minimum Gasteiger partial charge on any atom is -0.385 e. The summed E-state index contributed by atoms with van der Waals surface area (Å²) in [4.78, 5) is 18.8. The largest absolute Gasteiger partial charge is 0.385 e. The maximum absolute atomic E-state index is 10.2. The van der Waals surface area contributed by atoms with E-state index in [1.807, 2.05) is 13.8 Å². The number of nitrogen functional groups attached to an aromatic ring is 1. The van der Waals surface area contributed by atoms with Gasteiger partial charge in [0.2, 0.25) is 0 Å². The van der Waals surface area contributed by atoms with E-state index in [4.69, 9.17) is 5.73 Å². The van der Waals surface area contributed by atoms with Gasteiger partial charge in [-0.15, -0.1) is 0 Å². The molecule has 1 aromatic heterocycles. The maximum atomic E-state index is 10.2. The topological polar surface area (TPSA) is 112 Å². The molecule has 1 aromatic rings. The van der Waals surface area contributed by atoms with Crippen LogP contribution in [0.2, 0.25) is 0 Å². The molecule has 0 saturated heterocycles. The highest BCUT2D eigenvalue weighted by Crippen LogP contribution is 2.36. The van der Waals surface area contributed by atoms with Crippen LogP contribution in [0.3, 0.4) is 0 Å². The molecule has 0 bridgehead atoms. The Morgan fingerprint density at radius 1 is 1.29 bits per heavy atom. The van der Waals surface area contributed by atoms with E-state index in [1.54, 1.807) is 0 Å². The number of nitrogens with zero attached hydrogens (tertiary/aromatic N) is 2. The van der Waals surface area contributed by atoms with Crippen molar-refractivity contribution >= 4 is 27.0 Å². The molecule has 0 aliphatic rings. The zero-order valence-electron chi connectivity index (χ0n) is 7.59. The second-order valence-electron chi connectivity index (χ2n) is 1.85. The maximum Gasteiger partial charge on any atom is 0.333 e. The number of nitrogens with two attached hydrogens (primary N) is 1. The number of anilines is 1. The van der Waals surface area contributed by atoms with Gasteiger partial charge in [-0.1, -0.05) is 13.8 Å². The van der Waals surface area contributed by atoms with Crippen molar-refractivity contribution in [2.24, 2.45) is 0 Å². The summed E-state index contributed by atoms with van der Waals surface area (Å²) in [6.07, 6.45) is 0. The van der Waals surface area contributed by atoms with E-state index >= 15 is 0 Å². The first-order chi connectivity index (χ1) is 6.52. The molecular formula is C6H9N3O4S. The summed E-state index contributed by atoms with van der Waals surface area (Å²) in [5.41, 5.74) is 4.74. The molecule has 8 heteroatoms. The van der Waals surface area contributed by atoms with E-state index in [1.165, 1.54) is 0 Å². The number of thiophene rings is 1. The quantitative estimate of drug-likeness (QED) is 0.604. The predicted molar refractivity (Wildman–Crippen MR) is 53.4 cm³/mol. The second kappa shape index (κ2) is 5.12. The predicted octanol–water partition coefficient (Wildman–Crippen LogP) is 2.17. The summed E-state index contributed by atoms with van der Waals surface area (Å²) in [5, 5.41) is 19.8. The molecular weight excluding hydrogens is 210 g/mol. The highest BCUT2D eigenvalue weighted by atomic mass is 32.1. The molecule has 1 heterocycles. The molecule has 0 radical (unpaired) electrons. The Morgan fingerprint density at radius 2 is 1.79 bits per heavy atom. The Hall–Kier alpha value is -1.70. The van der Waals surface area contributed by atoms with Gasteiger partial charge in [0, 0.05) is 0 Å². The number of hydrogen-bond donors (Lipinski definition) is 1. The first-order valence-corrected chi connectivity index (χ1v) is 4.52. The molecule has 0 aliphatic heterocycles. The molecule has 0 spiro atoms. The van der Waals surface area contributed by atoms with Gasteiger partial charge in [0.1, 0.15) is 6.07 Å². The fourth-order valence-corrected chi connectivity index (χ4v) is 1.32. The van der Waals surface area contributed by atoms with E-state index in [2.05, 4.69) is 0 Å². The van der Waals surface area contributed by atoms with Crippen molar-refractivity contribution in [3.63, 3.8) is 0 Å². The highest BCUT2D eigenvalue weighted by molar-refractivity contribution is 7.19. The van der Waals surface area contributed by atoms with Crippen molar-refractivity contribution in [1.29, 1.82) is 0 Å². The number of rotatable bonds is 2. The van der Waals surface area contributed by atoms with Crippen molar-refractivity contribution in [1.82, 2.24) is 0 Å². The van der Waals surface area contributed by atoms with Gasteiger partial charge in [0.05, 0.1) is 9.85 Å². The lowest BCUT2D eigenvalue weighted by atomic mass is 10.5. The van der Waals surface area contributed by atoms with Gasteiger partial charge >= 0.3 is 10.7 Å². The molecule has 0 amide bonds. The summed E-state index contributed by atoms with van der Waals surface area (Å²) >= 11 is 0.588. The molecule has 1 rings (SSSR count). The fourth-order valence-electron chi connectivity index (χ4n) is 0.615. The third-order valence-electron chi connectivity index (χ3n) is 1.10. The summed E-state index contributed by atoms with van der Waals surface area (Å²) in [5.74, 6) is 0. The van der Waals surface area contributed by atoms with Crippen LogP contribution in [0.4, 0.5) is 15.7 Å². The summed E-state index contributed by atoms with van der Waals surface area (Å²) in [6.45, 7) is 4.00. The molecule has 0 fully saturated rings. The molecule has 78 valence electrons. The lowest BCUT2D eigenvalue weighted by Gasteiger charge is -1.82. The van der Waals surface area contributed by atoms with Crippen LogP contribution in [0.5, 0.6) is 0 Å². The van der Waals surface area contributed by atoms with Crippen LogP contribution in [0.15, 0.2) is 6.07 Å². The van der Waals surface area contributed by atoms with Crippen LogP contribution in [0, 0.1) is 20.2 Å². The van der Waals surface area contributed by atoms with E-state index in [-0.39, 0.29) is 10.0 Å².